The first-order chi connectivity index (χ1) is 15.2. The maximum atomic E-state index is 14.2. The number of nitro benzene ring substituents is 1. The topological polar surface area (TPSA) is 92.6 Å². The molecule has 0 aliphatic carbocycles. The fourth-order valence-electron chi connectivity index (χ4n) is 2.91. The molecule has 0 aliphatic heterocycles. The molecule has 0 heterocycles. The Hall–Kier alpha value is -2.94. The van der Waals surface area contributed by atoms with Crippen LogP contribution in [0.5, 0.6) is 0 Å². The molecule has 0 unspecified atom stereocenters. The first-order valence-corrected chi connectivity index (χ1v) is 11.5. The van der Waals surface area contributed by atoms with Crippen molar-refractivity contribution in [1.29, 1.82) is 0 Å². The van der Waals surface area contributed by atoms with Crippen molar-refractivity contribution in [2.24, 2.45) is 0 Å². The van der Waals surface area contributed by atoms with E-state index in [0.717, 1.165) is 12.0 Å². The second-order valence-electron chi connectivity index (χ2n) is 7.52. The summed E-state index contributed by atoms with van der Waals surface area (Å²) in [4.78, 5) is 37.3. The monoisotopic (exact) mass is 461 g/mol. The molecule has 0 aliphatic rings. The van der Waals surface area contributed by atoms with Gasteiger partial charge < -0.3 is 10.2 Å². The molecule has 32 heavy (non-hydrogen) atoms. The van der Waals surface area contributed by atoms with Crippen LogP contribution >= 0.6 is 11.8 Å². The third-order valence-electron chi connectivity index (χ3n) is 5.11. The number of thioether (sulfide) groups is 1. The van der Waals surface area contributed by atoms with Gasteiger partial charge in [0.25, 0.3) is 5.69 Å². The van der Waals surface area contributed by atoms with E-state index >= 15 is 0 Å². The zero-order chi connectivity index (χ0) is 23.7. The predicted octanol–water partition coefficient (Wildman–Crippen LogP) is 4.30. The second-order valence-corrected chi connectivity index (χ2v) is 8.51. The summed E-state index contributed by atoms with van der Waals surface area (Å²) in [6.45, 7) is 5.45. The van der Waals surface area contributed by atoms with Gasteiger partial charge in [-0.05, 0) is 31.9 Å². The van der Waals surface area contributed by atoms with Crippen molar-refractivity contribution in [2.45, 2.75) is 51.6 Å². The number of hydrogen-bond donors (Lipinski definition) is 1. The number of nitro groups is 1. The van der Waals surface area contributed by atoms with Gasteiger partial charge in [-0.25, -0.2) is 4.39 Å². The third-order valence-corrected chi connectivity index (χ3v) is 6.10. The lowest BCUT2D eigenvalue weighted by molar-refractivity contribution is -0.384. The molecule has 2 atom stereocenters. The van der Waals surface area contributed by atoms with Crippen LogP contribution < -0.4 is 5.32 Å². The number of carbonyl (C=O) groups is 2. The molecule has 172 valence electrons. The molecular weight excluding hydrogens is 433 g/mol. The van der Waals surface area contributed by atoms with E-state index in [1.807, 2.05) is 13.8 Å². The minimum Gasteiger partial charge on any atom is -0.352 e. The molecule has 0 bridgehead atoms. The van der Waals surface area contributed by atoms with Crippen molar-refractivity contribution in [3.8, 4) is 0 Å². The molecule has 2 rings (SSSR count). The summed E-state index contributed by atoms with van der Waals surface area (Å²) >= 11 is 1.33. The van der Waals surface area contributed by atoms with E-state index in [1.54, 1.807) is 37.3 Å². The van der Waals surface area contributed by atoms with E-state index in [4.69, 9.17) is 0 Å². The molecule has 2 aromatic rings. The van der Waals surface area contributed by atoms with Gasteiger partial charge in [-0.1, -0.05) is 37.3 Å². The Morgan fingerprint density at radius 1 is 1.16 bits per heavy atom. The summed E-state index contributed by atoms with van der Waals surface area (Å²) in [6.07, 6.45) is 0.755. The fourth-order valence-corrected chi connectivity index (χ4v) is 3.78. The zero-order valence-corrected chi connectivity index (χ0v) is 19.2. The van der Waals surface area contributed by atoms with Crippen LogP contribution in [0.3, 0.4) is 0 Å². The summed E-state index contributed by atoms with van der Waals surface area (Å²) < 4.78 is 14.2. The van der Waals surface area contributed by atoms with Gasteiger partial charge in [-0.3, -0.25) is 19.7 Å². The standard InChI is InChI=1S/C23H28FN3O4S/c1-4-16(2)25-23(29)17(3)26(13-19-7-5-6-8-21(19)24)22(28)15-32-14-18-9-11-20(12-10-18)27(30)31/h5-12,16-17H,4,13-15H2,1-3H3,(H,25,29)/t16-,17+/m1/s1. The number of nitrogens with one attached hydrogen (secondary N) is 1. The van der Waals surface area contributed by atoms with Gasteiger partial charge in [-0.15, -0.1) is 11.8 Å². The molecular formula is C23H28FN3O4S. The van der Waals surface area contributed by atoms with Crippen molar-refractivity contribution in [3.63, 3.8) is 0 Å². The number of nitrogens with zero attached hydrogens (tertiary/aromatic N) is 2. The van der Waals surface area contributed by atoms with E-state index < -0.39 is 16.8 Å². The molecule has 2 aromatic carbocycles. The van der Waals surface area contributed by atoms with Gasteiger partial charge in [0.1, 0.15) is 11.9 Å². The van der Waals surface area contributed by atoms with Gasteiger partial charge in [-0.2, -0.15) is 0 Å². The lowest BCUT2D eigenvalue weighted by atomic mass is 10.1. The molecule has 0 spiro atoms. The van der Waals surface area contributed by atoms with E-state index in [0.29, 0.717) is 11.3 Å². The van der Waals surface area contributed by atoms with Gasteiger partial charge in [0.05, 0.1) is 10.7 Å². The number of halogens is 1. The molecule has 0 fully saturated rings. The largest absolute Gasteiger partial charge is 0.352 e. The molecule has 0 saturated heterocycles. The maximum Gasteiger partial charge on any atom is 0.269 e. The van der Waals surface area contributed by atoms with Crippen LogP contribution in [0.1, 0.15) is 38.3 Å². The molecule has 2 amide bonds. The minimum atomic E-state index is -0.768. The normalized spacial score (nSPS) is 12.6. The number of non-ortho nitro benzene ring substituents is 1. The first-order valence-electron chi connectivity index (χ1n) is 10.4. The van der Waals surface area contributed by atoms with E-state index in [-0.39, 0.29) is 35.8 Å². The maximum absolute atomic E-state index is 14.2. The zero-order valence-electron chi connectivity index (χ0n) is 18.4. The van der Waals surface area contributed by atoms with Crippen LogP contribution in [0.2, 0.25) is 0 Å². The highest BCUT2D eigenvalue weighted by atomic mass is 32.2. The number of rotatable bonds is 11. The summed E-state index contributed by atoms with van der Waals surface area (Å²) in [7, 11) is 0. The fraction of sp³-hybridized carbons (Fsp3) is 0.391. The lowest BCUT2D eigenvalue weighted by Gasteiger charge is -2.29. The number of carbonyl (C=O) groups excluding carboxylic acids is 2. The van der Waals surface area contributed by atoms with Crippen molar-refractivity contribution < 1.29 is 18.9 Å². The number of benzene rings is 2. The highest BCUT2D eigenvalue weighted by Crippen LogP contribution is 2.19. The highest BCUT2D eigenvalue weighted by molar-refractivity contribution is 7.99. The number of amides is 2. The Morgan fingerprint density at radius 2 is 1.81 bits per heavy atom. The Balaban J connectivity index is 2.07. The highest BCUT2D eigenvalue weighted by Gasteiger charge is 2.27. The average Bonchev–Trinajstić information content (AvgIpc) is 2.78. The summed E-state index contributed by atoms with van der Waals surface area (Å²) in [5.74, 6) is -0.438. The second kappa shape index (κ2) is 12.2. The van der Waals surface area contributed by atoms with Gasteiger partial charge in [0.15, 0.2) is 0 Å². The minimum absolute atomic E-state index is 0.00651. The van der Waals surface area contributed by atoms with Gasteiger partial charge >= 0.3 is 0 Å². The Bertz CT molecular complexity index is 939. The molecule has 7 nitrogen and oxygen atoms in total. The van der Waals surface area contributed by atoms with Crippen LogP contribution in [0.15, 0.2) is 48.5 Å². The van der Waals surface area contributed by atoms with Crippen molar-refractivity contribution in [1.82, 2.24) is 10.2 Å². The molecule has 0 radical (unpaired) electrons. The van der Waals surface area contributed by atoms with Crippen LogP contribution in [0.4, 0.5) is 10.1 Å². The van der Waals surface area contributed by atoms with Gasteiger partial charge in [0.2, 0.25) is 11.8 Å². The molecule has 1 N–H and O–H groups in total. The van der Waals surface area contributed by atoms with E-state index in [2.05, 4.69) is 5.32 Å². The molecule has 9 heteroatoms. The molecule has 0 aromatic heterocycles. The van der Waals surface area contributed by atoms with Crippen molar-refractivity contribution in [2.75, 3.05) is 5.75 Å². The Kier molecular flexibility index (Phi) is 9.64. The van der Waals surface area contributed by atoms with Crippen LogP contribution in [-0.2, 0) is 21.9 Å². The lowest BCUT2D eigenvalue weighted by Crippen LogP contribution is -2.50. The van der Waals surface area contributed by atoms with Crippen molar-refractivity contribution >= 4 is 29.3 Å². The van der Waals surface area contributed by atoms with E-state index in [9.17, 15) is 24.1 Å². The molecule has 0 saturated carbocycles. The van der Waals surface area contributed by atoms with Crippen LogP contribution in [0.25, 0.3) is 0 Å². The quantitative estimate of drug-likeness (QED) is 0.398. The predicted molar refractivity (Wildman–Crippen MR) is 124 cm³/mol. The summed E-state index contributed by atoms with van der Waals surface area (Å²) in [5.41, 5.74) is 1.19. The average molecular weight is 462 g/mol. The summed E-state index contributed by atoms with van der Waals surface area (Å²) in [6, 6.07) is 11.5. The first kappa shape index (κ1) is 25.3. The number of hydrogen-bond acceptors (Lipinski definition) is 5. The van der Waals surface area contributed by atoms with Crippen molar-refractivity contribution in [3.05, 3.63) is 75.6 Å². The van der Waals surface area contributed by atoms with Crippen LogP contribution in [-0.4, -0.2) is 39.5 Å². The Labute approximate surface area is 191 Å². The van der Waals surface area contributed by atoms with E-state index in [1.165, 1.54) is 34.9 Å². The summed E-state index contributed by atoms with van der Waals surface area (Å²) in [5, 5.41) is 13.6. The van der Waals surface area contributed by atoms with Gasteiger partial charge in [0, 0.05) is 36.0 Å². The third kappa shape index (κ3) is 7.33. The smallest absolute Gasteiger partial charge is 0.269 e. The SMILES string of the molecule is CC[C@@H](C)NC(=O)[C@H](C)N(Cc1ccccc1F)C(=O)CSCc1ccc([N+](=O)[O-])cc1. The van der Waals surface area contributed by atoms with Crippen LogP contribution in [0, 0.1) is 15.9 Å². The Morgan fingerprint density at radius 3 is 2.41 bits per heavy atom.